The third-order valence-corrected chi connectivity index (χ3v) is 5.61. The second-order valence-electron chi connectivity index (χ2n) is 4.04. The van der Waals surface area contributed by atoms with Crippen molar-refractivity contribution in [3.05, 3.63) is 44.9 Å². The summed E-state index contributed by atoms with van der Waals surface area (Å²) in [6.07, 6.45) is 0. The summed E-state index contributed by atoms with van der Waals surface area (Å²) >= 11 is 7.10. The first-order valence-corrected chi connectivity index (χ1v) is 8.29. The Morgan fingerprint density at radius 1 is 1.45 bits per heavy atom. The summed E-state index contributed by atoms with van der Waals surface area (Å²) < 4.78 is 40.4. The van der Waals surface area contributed by atoms with E-state index in [0.717, 1.165) is 10.9 Å². The summed E-state index contributed by atoms with van der Waals surface area (Å²) in [4.78, 5) is 1.41. The van der Waals surface area contributed by atoms with Gasteiger partial charge in [0.1, 0.15) is 16.4 Å². The van der Waals surface area contributed by atoms with Crippen molar-refractivity contribution >= 4 is 38.6 Å². The number of thiophene rings is 1. The maximum atomic E-state index is 13.6. The highest BCUT2D eigenvalue weighted by molar-refractivity contribution is 7.93. The molecule has 1 heterocycles. The lowest BCUT2D eigenvalue weighted by Crippen LogP contribution is -2.14. The summed E-state index contributed by atoms with van der Waals surface area (Å²) in [6, 6.07) is 5.43. The predicted octanol–water partition coefficient (Wildman–Crippen LogP) is 3.11. The summed E-state index contributed by atoms with van der Waals surface area (Å²) in [5, 5.41) is 0.000469. The molecule has 0 fully saturated rings. The van der Waals surface area contributed by atoms with Crippen LogP contribution in [-0.4, -0.2) is 8.42 Å². The number of benzene rings is 1. The number of anilines is 1. The number of rotatable bonds is 4. The predicted molar refractivity (Wildman–Crippen MR) is 79.2 cm³/mol. The van der Waals surface area contributed by atoms with Gasteiger partial charge in [0, 0.05) is 16.3 Å². The Bertz CT molecular complexity index is 724. The van der Waals surface area contributed by atoms with E-state index in [4.69, 9.17) is 17.3 Å². The molecule has 20 heavy (non-hydrogen) atoms. The first-order valence-electron chi connectivity index (χ1n) is 5.61. The molecule has 108 valence electrons. The fourth-order valence-corrected chi connectivity index (χ4v) is 4.55. The van der Waals surface area contributed by atoms with E-state index >= 15 is 0 Å². The normalized spacial score (nSPS) is 11.6. The fraction of sp³-hybridized carbons (Fsp3) is 0.167. The molecule has 0 amide bonds. The van der Waals surface area contributed by atoms with Gasteiger partial charge in [-0.3, -0.25) is 4.72 Å². The fourth-order valence-electron chi connectivity index (χ4n) is 1.68. The molecule has 0 aliphatic heterocycles. The van der Waals surface area contributed by atoms with Gasteiger partial charge in [-0.1, -0.05) is 17.7 Å². The number of nitrogens with one attached hydrogen (secondary N) is 1. The van der Waals surface area contributed by atoms with E-state index in [1.54, 1.807) is 6.92 Å². The van der Waals surface area contributed by atoms with Gasteiger partial charge in [0.2, 0.25) is 0 Å². The maximum Gasteiger partial charge on any atom is 0.263 e. The minimum atomic E-state index is -3.90. The van der Waals surface area contributed by atoms with Crippen LogP contribution in [0.2, 0.25) is 5.02 Å². The summed E-state index contributed by atoms with van der Waals surface area (Å²) in [5.41, 5.74) is 5.23. The van der Waals surface area contributed by atoms with Crippen LogP contribution in [0.15, 0.2) is 29.2 Å². The maximum absolute atomic E-state index is 13.6. The smallest absolute Gasteiger partial charge is 0.263 e. The highest BCUT2D eigenvalue weighted by atomic mass is 35.5. The van der Waals surface area contributed by atoms with Crippen molar-refractivity contribution in [3.8, 4) is 0 Å². The van der Waals surface area contributed by atoms with Crippen LogP contribution in [0.1, 0.15) is 9.75 Å². The number of nitrogens with two attached hydrogens (primary N) is 1. The van der Waals surface area contributed by atoms with E-state index in [9.17, 15) is 12.8 Å². The number of hydrogen-bond donors (Lipinski definition) is 2. The topological polar surface area (TPSA) is 72.2 Å². The van der Waals surface area contributed by atoms with Gasteiger partial charge in [0.05, 0.1) is 5.02 Å². The molecule has 0 aliphatic carbocycles. The highest BCUT2D eigenvalue weighted by Gasteiger charge is 2.22. The van der Waals surface area contributed by atoms with Crippen molar-refractivity contribution < 1.29 is 12.8 Å². The number of halogens is 2. The van der Waals surface area contributed by atoms with Crippen LogP contribution >= 0.6 is 22.9 Å². The van der Waals surface area contributed by atoms with E-state index in [1.807, 2.05) is 0 Å². The molecule has 1 aromatic heterocycles. The van der Waals surface area contributed by atoms with Gasteiger partial charge in [-0.05, 0) is 25.1 Å². The molecular formula is C12H12ClFN2O2S2. The lowest BCUT2D eigenvalue weighted by atomic mass is 10.3. The third kappa shape index (κ3) is 2.95. The second kappa shape index (κ2) is 5.69. The van der Waals surface area contributed by atoms with E-state index in [-0.39, 0.29) is 22.2 Å². The van der Waals surface area contributed by atoms with Crippen molar-refractivity contribution in [3.63, 3.8) is 0 Å². The molecule has 0 radical (unpaired) electrons. The first kappa shape index (κ1) is 15.2. The van der Waals surface area contributed by atoms with Gasteiger partial charge in [-0.25, -0.2) is 12.8 Å². The molecule has 4 nitrogen and oxygen atoms in total. The van der Waals surface area contributed by atoms with Crippen LogP contribution < -0.4 is 10.5 Å². The monoisotopic (exact) mass is 334 g/mol. The molecule has 0 unspecified atom stereocenters. The lowest BCUT2D eigenvalue weighted by molar-refractivity contribution is 0.598. The van der Waals surface area contributed by atoms with E-state index in [1.165, 1.54) is 29.5 Å². The Kier molecular flexibility index (Phi) is 4.33. The molecule has 2 aromatic rings. The van der Waals surface area contributed by atoms with Gasteiger partial charge in [-0.2, -0.15) is 0 Å². The Morgan fingerprint density at radius 2 is 2.15 bits per heavy atom. The van der Waals surface area contributed by atoms with Gasteiger partial charge in [-0.15, -0.1) is 11.3 Å². The van der Waals surface area contributed by atoms with Crippen LogP contribution in [0.5, 0.6) is 0 Å². The largest absolute Gasteiger partial charge is 0.326 e. The Morgan fingerprint density at radius 3 is 2.70 bits per heavy atom. The van der Waals surface area contributed by atoms with E-state index in [2.05, 4.69) is 4.72 Å². The average Bonchev–Trinajstić information content (AvgIpc) is 2.76. The minimum Gasteiger partial charge on any atom is -0.326 e. The van der Waals surface area contributed by atoms with Gasteiger partial charge in [0.15, 0.2) is 0 Å². The number of sulfonamides is 1. The zero-order chi connectivity index (χ0) is 14.9. The van der Waals surface area contributed by atoms with Crippen molar-refractivity contribution in [1.29, 1.82) is 0 Å². The SMILES string of the molecule is Cc1sc(CN)cc1S(=O)(=O)Nc1c(F)cccc1Cl. The molecule has 0 bridgehead atoms. The Hall–Kier alpha value is -1.15. The Balaban J connectivity index is 2.43. The quantitative estimate of drug-likeness (QED) is 0.902. The van der Waals surface area contributed by atoms with Gasteiger partial charge < -0.3 is 5.73 Å². The molecule has 0 saturated carbocycles. The van der Waals surface area contributed by atoms with Crippen molar-refractivity contribution in [1.82, 2.24) is 0 Å². The van der Waals surface area contributed by atoms with Crippen molar-refractivity contribution in [2.75, 3.05) is 4.72 Å². The summed E-state index contributed by atoms with van der Waals surface area (Å²) in [5.74, 6) is -0.729. The van der Waals surface area contributed by atoms with E-state index < -0.39 is 15.8 Å². The van der Waals surface area contributed by atoms with Crippen molar-refractivity contribution in [2.24, 2.45) is 5.73 Å². The molecule has 0 spiro atoms. The number of para-hydroxylation sites is 1. The molecule has 0 atom stereocenters. The third-order valence-electron chi connectivity index (χ3n) is 2.61. The standard InChI is InChI=1S/C12H12ClFN2O2S2/c1-7-11(5-8(6-15)19-7)20(17,18)16-12-9(13)3-2-4-10(12)14/h2-5,16H,6,15H2,1H3. The van der Waals surface area contributed by atoms with Crippen LogP contribution in [0.4, 0.5) is 10.1 Å². The molecule has 3 N–H and O–H groups in total. The summed E-state index contributed by atoms with van der Waals surface area (Å²) in [7, 11) is -3.90. The molecule has 8 heteroatoms. The molecule has 1 aromatic carbocycles. The zero-order valence-electron chi connectivity index (χ0n) is 10.5. The lowest BCUT2D eigenvalue weighted by Gasteiger charge is -2.10. The molecule has 0 aliphatic rings. The van der Waals surface area contributed by atoms with Gasteiger partial charge >= 0.3 is 0 Å². The average molecular weight is 335 g/mol. The number of aryl methyl sites for hydroxylation is 1. The number of hydrogen-bond acceptors (Lipinski definition) is 4. The Labute approximate surface area is 125 Å². The van der Waals surface area contributed by atoms with Crippen LogP contribution in [0, 0.1) is 12.7 Å². The second-order valence-corrected chi connectivity index (χ2v) is 7.44. The minimum absolute atomic E-state index is 0.000469. The molecule has 0 saturated heterocycles. The molecule has 2 rings (SSSR count). The van der Waals surface area contributed by atoms with Crippen LogP contribution in [0.3, 0.4) is 0 Å². The van der Waals surface area contributed by atoms with Gasteiger partial charge in [0.25, 0.3) is 10.0 Å². The van der Waals surface area contributed by atoms with Crippen LogP contribution in [-0.2, 0) is 16.6 Å². The van der Waals surface area contributed by atoms with Crippen molar-refractivity contribution in [2.45, 2.75) is 18.4 Å². The summed E-state index contributed by atoms with van der Waals surface area (Å²) in [6.45, 7) is 1.92. The molecular weight excluding hydrogens is 323 g/mol. The van der Waals surface area contributed by atoms with Crippen LogP contribution in [0.25, 0.3) is 0 Å². The first-order chi connectivity index (χ1) is 9.35. The zero-order valence-corrected chi connectivity index (χ0v) is 12.9. The van der Waals surface area contributed by atoms with E-state index in [0.29, 0.717) is 4.88 Å². The highest BCUT2D eigenvalue weighted by Crippen LogP contribution is 2.30.